The van der Waals surface area contributed by atoms with Crippen molar-refractivity contribution in [1.29, 1.82) is 0 Å². The van der Waals surface area contributed by atoms with Gasteiger partial charge in [0.15, 0.2) is 0 Å². The van der Waals surface area contributed by atoms with Crippen LogP contribution in [-0.4, -0.2) is 0 Å². The third-order valence-electron chi connectivity index (χ3n) is 4.15. The Balaban J connectivity index is 1.95. The summed E-state index contributed by atoms with van der Waals surface area (Å²) in [5.41, 5.74) is 2.86. The van der Waals surface area contributed by atoms with E-state index in [9.17, 15) is 4.79 Å². The van der Waals surface area contributed by atoms with Crippen LogP contribution in [0.25, 0.3) is 32.9 Å². The van der Waals surface area contributed by atoms with Gasteiger partial charge in [-0.3, -0.25) is 0 Å². The highest BCUT2D eigenvalue weighted by Gasteiger charge is 2.10. The maximum absolute atomic E-state index is 12.4. The fraction of sp³-hybridized carbons (Fsp3) is 0.0500. The van der Waals surface area contributed by atoms with Crippen LogP contribution in [0.15, 0.2) is 68.7 Å². The Kier molecular flexibility index (Phi) is 3.89. The Hall–Kier alpha value is -1.79. The molecule has 0 unspecified atom stereocenters. The van der Waals surface area contributed by atoms with Crippen LogP contribution in [0.4, 0.5) is 0 Å². The molecule has 0 radical (unpaired) electrons. The molecule has 0 saturated carbocycles. The highest BCUT2D eigenvalue weighted by molar-refractivity contribution is 14.1. The predicted molar refractivity (Wildman–Crippen MR) is 110 cm³/mol. The first-order chi connectivity index (χ1) is 11.5. The second kappa shape index (κ2) is 5.93. The van der Waals surface area contributed by atoms with Crippen LogP contribution >= 0.6 is 35.2 Å². The molecule has 4 rings (SSSR count). The van der Waals surface area contributed by atoms with Crippen molar-refractivity contribution in [3.63, 3.8) is 0 Å². The van der Waals surface area contributed by atoms with Gasteiger partial charge in [-0.1, -0.05) is 18.2 Å². The minimum atomic E-state index is -0.312. The van der Waals surface area contributed by atoms with E-state index in [2.05, 4.69) is 35.2 Å². The molecule has 4 heteroatoms. The minimum absolute atomic E-state index is 0.312. The summed E-state index contributed by atoms with van der Waals surface area (Å²) in [4.78, 5) is 13.4. The van der Waals surface area contributed by atoms with E-state index in [1.807, 2.05) is 61.5 Å². The van der Waals surface area contributed by atoms with Gasteiger partial charge in [-0.2, -0.15) is 0 Å². The van der Waals surface area contributed by atoms with Crippen LogP contribution in [0.5, 0.6) is 0 Å². The van der Waals surface area contributed by atoms with Crippen molar-refractivity contribution in [3.8, 4) is 11.1 Å². The van der Waals surface area contributed by atoms with Crippen LogP contribution in [0.2, 0.25) is 0 Å². The fourth-order valence-corrected chi connectivity index (χ4v) is 3.55. The van der Waals surface area contributed by atoms with Crippen molar-refractivity contribution in [2.75, 3.05) is 0 Å². The van der Waals surface area contributed by atoms with E-state index in [1.165, 1.54) is 0 Å². The summed E-state index contributed by atoms with van der Waals surface area (Å²) in [7, 11) is 0. The summed E-state index contributed by atoms with van der Waals surface area (Å²) in [5, 5.41) is 3.11. The first-order valence-corrected chi connectivity index (χ1v) is 9.01. The van der Waals surface area contributed by atoms with Crippen LogP contribution < -0.4 is 5.63 Å². The molecule has 0 aliphatic heterocycles. The molecule has 1 aromatic heterocycles. The van der Waals surface area contributed by atoms with Gasteiger partial charge in [0.05, 0.1) is 5.56 Å². The molecule has 0 atom stereocenters. The monoisotopic (exact) mass is 444 g/mol. The van der Waals surface area contributed by atoms with Crippen molar-refractivity contribution >= 4 is 57.0 Å². The number of hydrogen-bond donors (Lipinski definition) is 1. The van der Waals surface area contributed by atoms with Crippen molar-refractivity contribution in [2.24, 2.45) is 0 Å². The molecule has 0 fully saturated rings. The summed E-state index contributed by atoms with van der Waals surface area (Å²) in [5.74, 6) is 0. The Morgan fingerprint density at radius 3 is 2.50 bits per heavy atom. The van der Waals surface area contributed by atoms with Gasteiger partial charge >= 0.3 is 5.63 Å². The SMILES string of the molecule is Cc1cc2oc(=O)c(-c3ccc4cc(S)ccc4c3)cc2cc1I. The van der Waals surface area contributed by atoms with Crippen molar-refractivity contribution in [1.82, 2.24) is 0 Å². The van der Waals surface area contributed by atoms with E-state index in [1.54, 1.807) is 0 Å². The summed E-state index contributed by atoms with van der Waals surface area (Å²) < 4.78 is 6.70. The zero-order valence-electron chi connectivity index (χ0n) is 12.8. The quantitative estimate of drug-likeness (QED) is 0.228. The van der Waals surface area contributed by atoms with Crippen LogP contribution in [0.1, 0.15) is 5.56 Å². The predicted octanol–water partition coefficient (Wildman–Crippen LogP) is 5.81. The van der Waals surface area contributed by atoms with Gasteiger partial charge in [0.2, 0.25) is 0 Å². The lowest BCUT2D eigenvalue weighted by Crippen LogP contribution is -2.03. The lowest BCUT2D eigenvalue weighted by atomic mass is 10.0. The number of fused-ring (bicyclic) bond motifs is 2. The van der Waals surface area contributed by atoms with Crippen LogP contribution in [-0.2, 0) is 0 Å². The lowest BCUT2D eigenvalue weighted by molar-refractivity contribution is 0.563. The van der Waals surface area contributed by atoms with Gasteiger partial charge in [0.25, 0.3) is 0 Å². The molecule has 0 bridgehead atoms. The van der Waals surface area contributed by atoms with Gasteiger partial charge < -0.3 is 4.42 Å². The average Bonchev–Trinajstić information content (AvgIpc) is 2.55. The van der Waals surface area contributed by atoms with Gasteiger partial charge in [-0.25, -0.2) is 4.79 Å². The maximum atomic E-state index is 12.4. The molecule has 0 aliphatic rings. The van der Waals surface area contributed by atoms with E-state index in [-0.39, 0.29) is 5.63 Å². The third-order valence-corrected chi connectivity index (χ3v) is 5.59. The molecular weight excluding hydrogens is 431 g/mol. The Bertz CT molecular complexity index is 1160. The normalized spacial score (nSPS) is 11.3. The second-order valence-corrected chi connectivity index (χ2v) is 7.51. The molecule has 0 aliphatic carbocycles. The van der Waals surface area contributed by atoms with Gasteiger partial charge in [-0.05, 0) is 87.8 Å². The highest BCUT2D eigenvalue weighted by Crippen LogP contribution is 2.27. The maximum Gasteiger partial charge on any atom is 0.344 e. The van der Waals surface area contributed by atoms with E-state index < -0.39 is 0 Å². The summed E-state index contributed by atoms with van der Waals surface area (Å²) in [6.07, 6.45) is 0. The van der Waals surface area contributed by atoms with Gasteiger partial charge in [0, 0.05) is 13.9 Å². The fourth-order valence-electron chi connectivity index (χ4n) is 2.84. The number of halogens is 1. The summed E-state index contributed by atoms with van der Waals surface area (Å²) >= 11 is 6.66. The first kappa shape index (κ1) is 15.7. The zero-order valence-corrected chi connectivity index (χ0v) is 15.9. The van der Waals surface area contributed by atoms with E-state index >= 15 is 0 Å². The smallest absolute Gasteiger partial charge is 0.344 e. The summed E-state index contributed by atoms with van der Waals surface area (Å²) in [6.45, 7) is 2.01. The molecular formula is C20H13IO2S. The van der Waals surface area contributed by atoms with Gasteiger partial charge in [-0.15, -0.1) is 12.6 Å². The Morgan fingerprint density at radius 2 is 1.67 bits per heavy atom. The Labute approximate surface area is 158 Å². The molecule has 0 saturated heterocycles. The highest BCUT2D eigenvalue weighted by atomic mass is 127. The van der Waals surface area contributed by atoms with E-state index in [0.29, 0.717) is 11.1 Å². The van der Waals surface area contributed by atoms with Gasteiger partial charge in [0.1, 0.15) is 5.58 Å². The van der Waals surface area contributed by atoms with E-state index in [4.69, 9.17) is 4.42 Å². The number of rotatable bonds is 1. The number of benzene rings is 3. The molecule has 1 heterocycles. The zero-order chi connectivity index (χ0) is 16.8. The largest absolute Gasteiger partial charge is 0.422 e. The molecule has 0 N–H and O–H groups in total. The molecule has 0 spiro atoms. The number of thiol groups is 1. The lowest BCUT2D eigenvalue weighted by Gasteiger charge is -2.06. The molecule has 2 nitrogen and oxygen atoms in total. The number of hydrogen-bond acceptors (Lipinski definition) is 3. The molecule has 4 aromatic rings. The Morgan fingerprint density at radius 1 is 0.917 bits per heavy atom. The average molecular weight is 444 g/mol. The molecule has 118 valence electrons. The van der Waals surface area contributed by atoms with Crippen LogP contribution in [0.3, 0.4) is 0 Å². The first-order valence-electron chi connectivity index (χ1n) is 7.48. The summed E-state index contributed by atoms with van der Waals surface area (Å²) in [6, 6.07) is 17.8. The van der Waals surface area contributed by atoms with E-state index in [0.717, 1.165) is 35.8 Å². The molecule has 0 amide bonds. The molecule has 24 heavy (non-hydrogen) atoms. The minimum Gasteiger partial charge on any atom is -0.422 e. The van der Waals surface area contributed by atoms with Crippen molar-refractivity contribution in [2.45, 2.75) is 11.8 Å². The van der Waals surface area contributed by atoms with Crippen LogP contribution in [0, 0.1) is 10.5 Å². The number of aryl methyl sites for hydroxylation is 1. The van der Waals surface area contributed by atoms with Crippen molar-refractivity contribution in [3.05, 3.63) is 74.2 Å². The standard InChI is InChI=1S/C20H13IO2S/c1-11-6-19-15(10-18(11)21)9-17(20(22)23-19)14-3-2-13-8-16(24)5-4-12(13)7-14/h2-10,24H,1H3. The topological polar surface area (TPSA) is 30.2 Å². The molecule has 3 aromatic carbocycles. The third kappa shape index (κ3) is 2.74. The van der Waals surface area contributed by atoms with Crippen molar-refractivity contribution < 1.29 is 4.42 Å². The second-order valence-electron chi connectivity index (χ2n) is 5.83.